The number of carbonyl (C=O) groups excluding carboxylic acids is 1. The Bertz CT molecular complexity index is 543. The maximum atomic E-state index is 12.6. The van der Waals surface area contributed by atoms with Gasteiger partial charge in [0.2, 0.25) is 0 Å². The van der Waals surface area contributed by atoms with Gasteiger partial charge in [-0.25, -0.2) is 0 Å². The molecule has 2 heterocycles. The van der Waals surface area contributed by atoms with Gasteiger partial charge in [-0.1, -0.05) is 31.7 Å². The van der Waals surface area contributed by atoms with Gasteiger partial charge in [0.15, 0.2) is 0 Å². The highest BCUT2D eigenvalue weighted by atomic mass is 32.1. The fourth-order valence-electron chi connectivity index (χ4n) is 2.88. The summed E-state index contributed by atoms with van der Waals surface area (Å²) in [5, 5.41) is 13.5. The van der Waals surface area contributed by atoms with E-state index in [1.165, 1.54) is 0 Å². The second-order valence-electron chi connectivity index (χ2n) is 5.95. The first-order valence-corrected chi connectivity index (χ1v) is 8.03. The third-order valence-corrected chi connectivity index (χ3v) is 4.81. The van der Waals surface area contributed by atoms with Crippen LogP contribution in [0.3, 0.4) is 0 Å². The molecule has 7 heteroatoms. The molecule has 1 N–H and O–H groups in total. The van der Waals surface area contributed by atoms with Crippen LogP contribution in [-0.2, 0) is 4.79 Å². The lowest BCUT2D eigenvalue weighted by molar-refractivity contribution is -0.148. The summed E-state index contributed by atoms with van der Waals surface area (Å²) < 4.78 is 3.87. The summed E-state index contributed by atoms with van der Waals surface area (Å²) in [7, 11) is 0. The van der Waals surface area contributed by atoms with E-state index in [4.69, 9.17) is 0 Å². The van der Waals surface area contributed by atoms with Crippen LogP contribution in [0.4, 0.5) is 0 Å². The Morgan fingerprint density at radius 3 is 2.76 bits per heavy atom. The summed E-state index contributed by atoms with van der Waals surface area (Å²) in [4.78, 5) is 26.4. The molecule has 1 fully saturated rings. The number of hydrogen-bond donors (Lipinski definition) is 1. The SMILES string of the molecule is CCCC1(C(=O)O)CCN(C(=O)c2snnc2C(C)C)C1. The van der Waals surface area contributed by atoms with Gasteiger partial charge in [-0.2, -0.15) is 0 Å². The second-order valence-corrected chi connectivity index (χ2v) is 6.71. The zero-order chi connectivity index (χ0) is 15.6. The average Bonchev–Trinajstić information content (AvgIpc) is 3.05. The molecule has 21 heavy (non-hydrogen) atoms. The molecule has 1 aliphatic rings. The molecule has 1 aromatic rings. The van der Waals surface area contributed by atoms with Gasteiger partial charge in [0.05, 0.1) is 11.1 Å². The van der Waals surface area contributed by atoms with Crippen molar-refractivity contribution in [3.05, 3.63) is 10.6 Å². The van der Waals surface area contributed by atoms with Gasteiger partial charge in [-0.15, -0.1) is 5.10 Å². The predicted octanol–water partition coefficient (Wildman–Crippen LogP) is 2.38. The number of rotatable bonds is 5. The maximum Gasteiger partial charge on any atom is 0.311 e. The zero-order valence-corrected chi connectivity index (χ0v) is 13.4. The molecule has 2 rings (SSSR count). The van der Waals surface area contributed by atoms with E-state index in [0.29, 0.717) is 30.0 Å². The van der Waals surface area contributed by atoms with Crippen molar-refractivity contribution in [2.75, 3.05) is 13.1 Å². The Morgan fingerprint density at radius 2 is 2.19 bits per heavy atom. The average molecular weight is 311 g/mol. The van der Waals surface area contributed by atoms with Gasteiger partial charge in [-0.3, -0.25) is 9.59 Å². The zero-order valence-electron chi connectivity index (χ0n) is 12.6. The van der Waals surface area contributed by atoms with Crippen molar-refractivity contribution in [2.24, 2.45) is 5.41 Å². The van der Waals surface area contributed by atoms with Crippen LogP contribution in [0.25, 0.3) is 0 Å². The molecule has 0 saturated carbocycles. The molecule has 0 spiro atoms. The van der Waals surface area contributed by atoms with Gasteiger partial charge < -0.3 is 10.0 Å². The highest BCUT2D eigenvalue weighted by Crippen LogP contribution is 2.36. The van der Waals surface area contributed by atoms with Crippen LogP contribution in [0.1, 0.15) is 61.3 Å². The molecular weight excluding hydrogens is 290 g/mol. The number of hydrogen-bond acceptors (Lipinski definition) is 5. The molecule has 0 bridgehead atoms. The van der Waals surface area contributed by atoms with Crippen LogP contribution in [0.5, 0.6) is 0 Å². The summed E-state index contributed by atoms with van der Waals surface area (Å²) in [6.45, 7) is 6.68. The van der Waals surface area contributed by atoms with E-state index < -0.39 is 11.4 Å². The fourth-order valence-corrected chi connectivity index (χ4v) is 3.66. The van der Waals surface area contributed by atoms with Gasteiger partial charge in [0.25, 0.3) is 5.91 Å². The Balaban J connectivity index is 2.19. The van der Waals surface area contributed by atoms with E-state index >= 15 is 0 Å². The standard InChI is InChI=1S/C14H21N3O3S/c1-4-5-14(13(19)20)6-7-17(8-14)12(18)11-10(9(2)3)15-16-21-11/h9H,4-8H2,1-3H3,(H,19,20). The topological polar surface area (TPSA) is 83.4 Å². The number of nitrogens with zero attached hydrogens (tertiary/aromatic N) is 3. The Kier molecular flexibility index (Phi) is 4.61. The number of carboxylic acids is 1. The Morgan fingerprint density at radius 1 is 1.48 bits per heavy atom. The maximum absolute atomic E-state index is 12.6. The van der Waals surface area contributed by atoms with Gasteiger partial charge in [0.1, 0.15) is 4.88 Å². The van der Waals surface area contributed by atoms with Gasteiger partial charge >= 0.3 is 5.97 Å². The molecule has 116 valence electrons. The smallest absolute Gasteiger partial charge is 0.311 e. The van der Waals surface area contributed by atoms with Crippen molar-refractivity contribution in [2.45, 2.75) is 46.0 Å². The quantitative estimate of drug-likeness (QED) is 0.902. The van der Waals surface area contributed by atoms with E-state index in [0.717, 1.165) is 18.0 Å². The molecule has 0 aliphatic carbocycles. The number of aromatic nitrogens is 2. The summed E-state index contributed by atoms with van der Waals surface area (Å²) in [5.41, 5.74) is -0.0890. The van der Waals surface area contributed by atoms with Crippen LogP contribution >= 0.6 is 11.5 Å². The molecule has 1 atom stereocenters. The minimum absolute atomic E-state index is 0.130. The summed E-state index contributed by atoms with van der Waals surface area (Å²) in [6.07, 6.45) is 1.92. The summed E-state index contributed by atoms with van der Waals surface area (Å²) in [5.74, 6) is -0.802. The van der Waals surface area contributed by atoms with Crippen LogP contribution < -0.4 is 0 Å². The minimum atomic E-state index is -0.800. The fraction of sp³-hybridized carbons (Fsp3) is 0.714. The first-order chi connectivity index (χ1) is 9.91. The lowest BCUT2D eigenvalue weighted by Gasteiger charge is -2.24. The van der Waals surface area contributed by atoms with E-state index in [9.17, 15) is 14.7 Å². The monoisotopic (exact) mass is 311 g/mol. The molecule has 0 radical (unpaired) electrons. The molecule has 1 aromatic heterocycles. The molecule has 1 unspecified atom stereocenters. The van der Waals surface area contributed by atoms with E-state index in [2.05, 4.69) is 9.59 Å². The van der Waals surface area contributed by atoms with Crippen LogP contribution in [0.2, 0.25) is 0 Å². The normalized spacial score (nSPS) is 22.0. The predicted molar refractivity (Wildman–Crippen MR) is 79.5 cm³/mol. The number of amides is 1. The highest BCUT2D eigenvalue weighted by Gasteiger charge is 2.46. The van der Waals surface area contributed by atoms with E-state index in [1.54, 1.807) is 4.90 Å². The molecule has 1 amide bonds. The number of carboxylic acid groups (broad SMARTS) is 1. The largest absolute Gasteiger partial charge is 0.481 e. The van der Waals surface area contributed by atoms with Crippen molar-refractivity contribution in [1.29, 1.82) is 0 Å². The molecule has 1 aliphatic heterocycles. The number of likely N-dealkylation sites (tertiary alicyclic amines) is 1. The van der Waals surface area contributed by atoms with Crippen molar-refractivity contribution in [3.8, 4) is 0 Å². The Hall–Kier alpha value is -1.50. The minimum Gasteiger partial charge on any atom is -0.481 e. The molecule has 6 nitrogen and oxygen atoms in total. The Labute approximate surface area is 128 Å². The first-order valence-electron chi connectivity index (χ1n) is 7.26. The number of carbonyl (C=O) groups is 2. The van der Waals surface area contributed by atoms with Crippen LogP contribution in [-0.4, -0.2) is 44.6 Å². The van der Waals surface area contributed by atoms with Crippen LogP contribution in [0.15, 0.2) is 0 Å². The third-order valence-electron chi connectivity index (χ3n) is 4.08. The third kappa shape index (κ3) is 2.92. The van der Waals surface area contributed by atoms with Crippen molar-refractivity contribution in [3.63, 3.8) is 0 Å². The van der Waals surface area contributed by atoms with E-state index in [-0.39, 0.29) is 18.4 Å². The van der Waals surface area contributed by atoms with E-state index in [1.807, 2.05) is 20.8 Å². The van der Waals surface area contributed by atoms with Crippen molar-refractivity contribution in [1.82, 2.24) is 14.5 Å². The van der Waals surface area contributed by atoms with Gasteiger partial charge in [0, 0.05) is 13.1 Å². The van der Waals surface area contributed by atoms with Crippen LogP contribution in [0, 0.1) is 5.41 Å². The van der Waals surface area contributed by atoms with Gasteiger partial charge in [-0.05, 0) is 30.3 Å². The molecule has 1 saturated heterocycles. The van der Waals surface area contributed by atoms with Crippen molar-refractivity contribution < 1.29 is 14.7 Å². The second kappa shape index (κ2) is 6.09. The highest BCUT2D eigenvalue weighted by molar-refractivity contribution is 7.08. The summed E-state index contributed by atoms with van der Waals surface area (Å²) >= 11 is 1.09. The first kappa shape index (κ1) is 15.9. The molecular formula is C14H21N3O3S. The van der Waals surface area contributed by atoms with Crippen molar-refractivity contribution >= 4 is 23.4 Å². The lowest BCUT2D eigenvalue weighted by atomic mass is 9.83. The lowest BCUT2D eigenvalue weighted by Crippen LogP contribution is -2.37. The number of aliphatic carboxylic acids is 1. The molecule has 0 aromatic carbocycles. The summed E-state index contributed by atoms with van der Waals surface area (Å²) in [6, 6.07) is 0.